The molecule has 0 bridgehead atoms. The number of aliphatic hydroxyl groups excluding tert-OH is 1. The lowest BCUT2D eigenvalue weighted by Crippen LogP contribution is -2.26. The Kier molecular flexibility index (Phi) is 9.81. The maximum atomic E-state index is 14.0. The molecule has 0 radical (unpaired) electrons. The van der Waals surface area contributed by atoms with E-state index >= 15 is 0 Å². The van der Waals surface area contributed by atoms with Crippen LogP contribution in [0.25, 0.3) is 0 Å². The van der Waals surface area contributed by atoms with E-state index in [0.29, 0.717) is 32.1 Å². The molecule has 29 heavy (non-hydrogen) atoms. The molecule has 6 nitrogen and oxygen atoms in total. The molecule has 0 aromatic rings. The van der Waals surface area contributed by atoms with Crippen molar-refractivity contribution < 1.29 is 34.0 Å². The highest BCUT2D eigenvalue weighted by Gasteiger charge is 2.51. The van der Waals surface area contributed by atoms with Gasteiger partial charge in [-0.3, -0.25) is 9.59 Å². The molecular weight excluding hydrogens is 494 g/mol. The predicted octanol–water partition coefficient (Wildman–Crippen LogP) is 3.98. The van der Waals surface area contributed by atoms with Gasteiger partial charge in [-0.1, -0.05) is 54.5 Å². The molecular formula is C21H32FIO6. The lowest BCUT2D eigenvalue weighted by Gasteiger charge is -2.22. The lowest BCUT2D eigenvalue weighted by molar-refractivity contribution is -0.143. The summed E-state index contributed by atoms with van der Waals surface area (Å²) in [6.45, 7) is 1.96. The topological polar surface area (TPSA) is 104 Å². The van der Waals surface area contributed by atoms with E-state index in [2.05, 4.69) is 22.6 Å². The van der Waals surface area contributed by atoms with Crippen molar-refractivity contribution in [2.45, 2.75) is 86.7 Å². The molecule has 8 heteroatoms. The van der Waals surface area contributed by atoms with E-state index in [1.807, 2.05) is 6.92 Å². The van der Waals surface area contributed by atoms with E-state index in [4.69, 9.17) is 9.84 Å². The van der Waals surface area contributed by atoms with Gasteiger partial charge in [0.1, 0.15) is 12.3 Å². The number of ether oxygens (including phenoxy) is 1. The van der Waals surface area contributed by atoms with Gasteiger partial charge in [0, 0.05) is 10.3 Å². The predicted molar refractivity (Wildman–Crippen MR) is 115 cm³/mol. The maximum absolute atomic E-state index is 14.0. The summed E-state index contributed by atoms with van der Waals surface area (Å²) < 4.78 is 20.3. The van der Waals surface area contributed by atoms with Gasteiger partial charge in [0.2, 0.25) is 0 Å². The van der Waals surface area contributed by atoms with E-state index in [1.54, 1.807) is 6.08 Å². The van der Waals surface area contributed by atoms with Crippen LogP contribution in [0.2, 0.25) is 0 Å². The van der Waals surface area contributed by atoms with Gasteiger partial charge in [0.15, 0.2) is 0 Å². The minimum atomic E-state index is -1.34. The molecule has 2 rings (SSSR count). The SMILES string of the molecule is CCCC[C@@H](F)[C@H](O)/C=C/[C@@H]1[C@H]2C[C@@H]([C@@H](I)CCCC(=O)O)O[C@H]2C[C@H]1C(=O)O. The van der Waals surface area contributed by atoms with Crippen molar-refractivity contribution in [3.05, 3.63) is 12.2 Å². The number of carbonyl (C=O) groups is 2. The summed E-state index contributed by atoms with van der Waals surface area (Å²) in [4.78, 5) is 22.4. The van der Waals surface area contributed by atoms with Gasteiger partial charge in [0.05, 0.1) is 18.1 Å². The van der Waals surface area contributed by atoms with Crippen LogP contribution in [0.1, 0.15) is 58.3 Å². The van der Waals surface area contributed by atoms with E-state index in [1.165, 1.54) is 6.08 Å². The molecule has 1 heterocycles. The molecule has 0 unspecified atom stereocenters. The normalized spacial score (nSPS) is 32.2. The van der Waals surface area contributed by atoms with Crippen molar-refractivity contribution in [3.63, 3.8) is 0 Å². The summed E-state index contributed by atoms with van der Waals surface area (Å²) in [5.41, 5.74) is 0. The fourth-order valence-electron chi connectivity index (χ4n) is 4.48. The van der Waals surface area contributed by atoms with Crippen molar-refractivity contribution in [2.75, 3.05) is 0 Å². The molecule has 166 valence electrons. The molecule has 0 spiro atoms. The third-order valence-corrected chi connectivity index (χ3v) is 7.53. The Balaban J connectivity index is 1.98. The molecule has 8 atom stereocenters. The molecule has 2 fully saturated rings. The first-order valence-electron chi connectivity index (χ1n) is 10.5. The van der Waals surface area contributed by atoms with Gasteiger partial charge >= 0.3 is 11.9 Å². The Morgan fingerprint density at radius 1 is 1.24 bits per heavy atom. The van der Waals surface area contributed by atoms with E-state index < -0.39 is 30.1 Å². The standard InChI is InChI=1S/C21H32FIO6/c1-2-3-5-15(22)17(24)9-8-12-13-10-19(16(23)6-4-7-20(25)26)29-18(13)11-14(12)21(27)28/h8-9,12-19,24H,2-7,10-11H2,1H3,(H,25,26)(H,27,28)/b9-8+/t12-,13-,14-,15-,16+,17-,18+,19+/m1/s1. The van der Waals surface area contributed by atoms with Crippen molar-refractivity contribution in [3.8, 4) is 0 Å². The summed E-state index contributed by atoms with van der Waals surface area (Å²) in [5.74, 6) is -2.56. The molecule has 1 aliphatic heterocycles. The summed E-state index contributed by atoms with van der Waals surface area (Å²) in [5, 5.41) is 28.4. The zero-order chi connectivity index (χ0) is 21.6. The minimum Gasteiger partial charge on any atom is -0.481 e. The number of halogens is 2. The third kappa shape index (κ3) is 6.89. The number of carboxylic acids is 2. The third-order valence-electron chi connectivity index (χ3n) is 6.10. The van der Waals surface area contributed by atoms with Crippen LogP contribution >= 0.6 is 22.6 Å². The first-order valence-corrected chi connectivity index (χ1v) is 11.7. The second-order valence-corrected chi connectivity index (χ2v) is 9.81. The van der Waals surface area contributed by atoms with Crippen LogP contribution in [0, 0.1) is 17.8 Å². The van der Waals surface area contributed by atoms with E-state index in [-0.39, 0.29) is 34.4 Å². The Morgan fingerprint density at radius 2 is 1.97 bits per heavy atom. The number of fused-ring (bicyclic) bond motifs is 1. The average Bonchev–Trinajstić information content (AvgIpc) is 3.22. The van der Waals surface area contributed by atoms with Crippen LogP contribution in [0.5, 0.6) is 0 Å². The monoisotopic (exact) mass is 526 g/mol. The highest BCUT2D eigenvalue weighted by atomic mass is 127. The number of aliphatic carboxylic acids is 2. The Morgan fingerprint density at radius 3 is 2.59 bits per heavy atom. The van der Waals surface area contributed by atoms with Crippen LogP contribution in [-0.2, 0) is 14.3 Å². The zero-order valence-corrected chi connectivity index (χ0v) is 18.9. The summed E-state index contributed by atoms with van der Waals surface area (Å²) >= 11 is 2.29. The number of allylic oxidation sites excluding steroid dienone is 1. The van der Waals surface area contributed by atoms with Crippen molar-refractivity contribution in [1.29, 1.82) is 0 Å². The lowest BCUT2D eigenvalue weighted by atomic mass is 9.85. The summed E-state index contributed by atoms with van der Waals surface area (Å²) in [7, 11) is 0. The molecule has 0 aromatic carbocycles. The van der Waals surface area contributed by atoms with Gasteiger partial charge in [0.25, 0.3) is 0 Å². The Labute approximate surface area is 185 Å². The van der Waals surface area contributed by atoms with E-state index in [9.17, 15) is 24.2 Å². The molecule has 0 aromatic heterocycles. The molecule has 1 saturated heterocycles. The molecule has 0 amide bonds. The Bertz CT molecular complexity index is 586. The number of aliphatic hydroxyl groups is 1. The highest BCUT2D eigenvalue weighted by molar-refractivity contribution is 14.1. The fourth-order valence-corrected chi connectivity index (χ4v) is 5.39. The average molecular weight is 526 g/mol. The smallest absolute Gasteiger partial charge is 0.307 e. The highest BCUT2D eigenvalue weighted by Crippen LogP contribution is 2.49. The van der Waals surface area contributed by atoms with Gasteiger partial charge in [-0.2, -0.15) is 0 Å². The number of unbranched alkanes of at least 4 members (excludes halogenated alkanes) is 1. The second-order valence-electron chi connectivity index (χ2n) is 8.21. The maximum Gasteiger partial charge on any atom is 0.307 e. The largest absolute Gasteiger partial charge is 0.481 e. The zero-order valence-electron chi connectivity index (χ0n) is 16.8. The van der Waals surface area contributed by atoms with Crippen molar-refractivity contribution in [2.24, 2.45) is 17.8 Å². The van der Waals surface area contributed by atoms with Crippen molar-refractivity contribution in [1.82, 2.24) is 0 Å². The van der Waals surface area contributed by atoms with Crippen LogP contribution in [-0.4, -0.2) is 55.7 Å². The number of hydrogen-bond acceptors (Lipinski definition) is 4. The first-order chi connectivity index (χ1) is 13.7. The quantitative estimate of drug-likeness (QED) is 0.202. The van der Waals surface area contributed by atoms with Gasteiger partial charge in [-0.05, 0) is 43.9 Å². The Hall–Kier alpha value is -0.740. The molecule has 3 N–H and O–H groups in total. The molecule has 1 saturated carbocycles. The van der Waals surface area contributed by atoms with Crippen LogP contribution in [0.15, 0.2) is 12.2 Å². The molecule has 2 aliphatic rings. The molecule has 1 aliphatic carbocycles. The summed E-state index contributed by atoms with van der Waals surface area (Å²) in [6, 6.07) is 0. The minimum absolute atomic E-state index is 0.0231. The number of alkyl halides is 2. The van der Waals surface area contributed by atoms with Gasteiger partial charge < -0.3 is 20.1 Å². The van der Waals surface area contributed by atoms with E-state index in [0.717, 1.165) is 12.8 Å². The van der Waals surface area contributed by atoms with Crippen molar-refractivity contribution >= 4 is 34.5 Å². The number of carboxylic acid groups (broad SMARTS) is 2. The number of hydrogen-bond donors (Lipinski definition) is 3. The van der Waals surface area contributed by atoms with Crippen LogP contribution in [0.4, 0.5) is 4.39 Å². The fraction of sp³-hybridized carbons (Fsp3) is 0.810. The van der Waals surface area contributed by atoms with Gasteiger partial charge in [-0.15, -0.1) is 0 Å². The van der Waals surface area contributed by atoms with Gasteiger partial charge in [-0.25, -0.2) is 4.39 Å². The summed E-state index contributed by atoms with van der Waals surface area (Å²) in [6.07, 6.45) is 4.76. The van der Waals surface area contributed by atoms with Crippen LogP contribution in [0.3, 0.4) is 0 Å². The van der Waals surface area contributed by atoms with Crippen LogP contribution < -0.4 is 0 Å². The second kappa shape index (κ2) is 11.6. The first kappa shape index (κ1) is 24.5. The number of rotatable bonds is 12.